The standard InChI is InChI=1S/C14H12ClN5O/c1-21-11-3-2-9(15)4-10(11)12-13(19-20-14(12)16)8-5-17-7-18-6-8/h2-7H,1H3,(H3,16,19,20). The fourth-order valence-corrected chi connectivity index (χ4v) is 2.31. The predicted molar refractivity (Wildman–Crippen MR) is 81.0 cm³/mol. The van der Waals surface area contributed by atoms with Gasteiger partial charge in [0.2, 0.25) is 0 Å². The number of nitrogens with zero attached hydrogens (tertiary/aromatic N) is 3. The third-order valence-electron chi connectivity index (χ3n) is 3.07. The lowest BCUT2D eigenvalue weighted by Gasteiger charge is -2.10. The van der Waals surface area contributed by atoms with E-state index in [0.717, 1.165) is 11.1 Å². The summed E-state index contributed by atoms with van der Waals surface area (Å²) in [7, 11) is 1.59. The van der Waals surface area contributed by atoms with Crippen LogP contribution in [0.2, 0.25) is 5.02 Å². The Hall–Kier alpha value is -2.60. The molecule has 0 aliphatic heterocycles. The molecule has 0 aliphatic carbocycles. The summed E-state index contributed by atoms with van der Waals surface area (Å²) in [6.07, 6.45) is 4.82. The second kappa shape index (κ2) is 5.41. The summed E-state index contributed by atoms with van der Waals surface area (Å²) >= 11 is 6.09. The first kappa shape index (κ1) is 13.4. The van der Waals surface area contributed by atoms with Gasteiger partial charge in [-0.15, -0.1) is 0 Å². The molecule has 106 valence electrons. The highest BCUT2D eigenvalue weighted by Crippen LogP contribution is 2.40. The Balaban J connectivity index is 2.24. The van der Waals surface area contributed by atoms with Gasteiger partial charge in [-0.2, -0.15) is 5.10 Å². The number of aromatic nitrogens is 4. The van der Waals surface area contributed by atoms with E-state index in [9.17, 15) is 0 Å². The van der Waals surface area contributed by atoms with Crippen molar-refractivity contribution in [2.75, 3.05) is 12.8 Å². The average Bonchev–Trinajstić information content (AvgIpc) is 2.89. The maximum absolute atomic E-state index is 6.09. The molecule has 1 aromatic carbocycles. The van der Waals surface area contributed by atoms with Crippen LogP contribution in [0, 0.1) is 0 Å². The summed E-state index contributed by atoms with van der Waals surface area (Å²) < 4.78 is 5.38. The molecule has 7 heteroatoms. The highest BCUT2D eigenvalue weighted by molar-refractivity contribution is 6.31. The molecule has 3 aromatic rings. The van der Waals surface area contributed by atoms with Crippen LogP contribution in [-0.2, 0) is 0 Å². The SMILES string of the molecule is COc1ccc(Cl)cc1-c1c(N)n[nH]c1-c1cncnc1. The first-order chi connectivity index (χ1) is 10.2. The quantitative estimate of drug-likeness (QED) is 0.776. The first-order valence-electron chi connectivity index (χ1n) is 6.14. The van der Waals surface area contributed by atoms with E-state index in [4.69, 9.17) is 22.1 Å². The number of hydrogen-bond acceptors (Lipinski definition) is 5. The van der Waals surface area contributed by atoms with Crippen molar-refractivity contribution in [3.8, 4) is 28.1 Å². The number of rotatable bonds is 3. The number of nitrogen functional groups attached to an aromatic ring is 1. The predicted octanol–water partition coefficient (Wildman–Crippen LogP) is 2.78. The second-order valence-corrected chi connectivity index (χ2v) is 4.77. The van der Waals surface area contributed by atoms with Gasteiger partial charge in [-0.1, -0.05) is 11.6 Å². The molecule has 0 atom stereocenters. The average molecular weight is 302 g/mol. The maximum atomic E-state index is 6.09. The molecule has 21 heavy (non-hydrogen) atoms. The summed E-state index contributed by atoms with van der Waals surface area (Å²) in [5.74, 6) is 1.01. The minimum atomic E-state index is 0.356. The van der Waals surface area contributed by atoms with Gasteiger partial charge in [0, 0.05) is 28.5 Å². The summed E-state index contributed by atoms with van der Waals surface area (Å²) in [6, 6.07) is 5.33. The number of aromatic amines is 1. The van der Waals surface area contributed by atoms with Gasteiger partial charge < -0.3 is 10.5 Å². The van der Waals surface area contributed by atoms with E-state index in [1.165, 1.54) is 6.33 Å². The molecule has 2 heterocycles. The Bertz CT molecular complexity index is 772. The third kappa shape index (κ3) is 2.41. The van der Waals surface area contributed by atoms with Crippen LogP contribution in [0.5, 0.6) is 5.75 Å². The lowest BCUT2D eigenvalue weighted by Crippen LogP contribution is -1.93. The smallest absolute Gasteiger partial charge is 0.153 e. The van der Waals surface area contributed by atoms with Crippen molar-refractivity contribution < 1.29 is 4.74 Å². The van der Waals surface area contributed by atoms with Crippen LogP contribution in [0.15, 0.2) is 36.9 Å². The molecule has 0 amide bonds. The number of hydrogen-bond donors (Lipinski definition) is 2. The highest BCUT2D eigenvalue weighted by atomic mass is 35.5. The van der Waals surface area contributed by atoms with Gasteiger partial charge >= 0.3 is 0 Å². The Labute approximate surface area is 126 Å². The van der Waals surface area contributed by atoms with E-state index in [2.05, 4.69) is 20.2 Å². The molecule has 0 aliphatic rings. The number of ether oxygens (including phenoxy) is 1. The third-order valence-corrected chi connectivity index (χ3v) is 3.31. The van der Waals surface area contributed by atoms with Crippen molar-refractivity contribution >= 4 is 17.4 Å². The largest absolute Gasteiger partial charge is 0.496 e. The van der Waals surface area contributed by atoms with Gasteiger partial charge in [-0.05, 0) is 18.2 Å². The second-order valence-electron chi connectivity index (χ2n) is 4.33. The lowest BCUT2D eigenvalue weighted by atomic mass is 10.0. The van der Waals surface area contributed by atoms with E-state index in [1.54, 1.807) is 37.7 Å². The van der Waals surface area contributed by atoms with E-state index < -0.39 is 0 Å². The number of methoxy groups -OCH3 is 1. The topological polar surface area (TPSA) is 89.7 Å². The van der Waals surface area contributed by atoms with Crippen LogP contribution in [0.4, 0.5) is 5.82 Å². The zero-order valence-electron chi connectivity index (χ0n) is 11.2. The van der Waals surface area contributed by atoms with Crippen LogP contribution < -0.4 is 10.5 Å². The fourth-order valence-electron chi connectivity index (χ4n) is 2.14. The first-order valence-corrected chi connectivity index (χ1v) is 6.51. The number of halogens is 1. The van der Waals surface area contributed by atoms with E-state index in [0.29, 0.717) is 27.8 Å². The Morgan fingerprint density at radius 2 is 2.00 bits per heavy atom. The molecule has 0 saturated heterocycles. The van der Waals surface area contributed by atoms with Crippen molar-refractivity contribution in [3.63, 3.8) is 0 Å². The molecule has 3 rings (SSSR count). The summed E-state index contributed by atoms with van der Waals surface area (Å²) in [4.78, 5) is 8.02. The number of H-pyrrole nitrogens is 1. The molecule has 0 spiro atoms. The van der Waals surface area contributed by atoms with Crippen molar-refractivity contribution in [1.82, 2.24) is 20.2 Å². The maximum Gasteiger partial charge on any atom is 0.153 e. The van der Waals surface area contributed by atoms with Crippen molar-refractivity contribution in [2.24, 2.45) is 0 Å². The molecular formula is C14H12ClN5O. The van der Waals surface area contributed by atoms with Gasteiger partial charge in [0.1, 0.15) is 12.1 Å². The van der Waals surface area contributed by atoms with Gasteiger partial charge in [0.05, 0.1) is 18.4 Å². The zero-order chi connectivity index (χ0) is 14.8. The fraction of sp³-hybridized carbons (Fsp3) is 0.0714. The van der Waals surface area contributed by atoms with E-state index in [-0.39, 0.29) is 0 Å². The molecule has 0 fully saturated rings. The van der Waals surface area contributed by atoms with Crippen LogP contribution in [0.3, 0.4) is 0 Å². The Morgan fingerprint density at radius 3 is 2.71 bits per heavy atom. The van der Waals surface area contributed by atoms with Crippen LogP contribution >= 0.6 is 11.6 Å². The summed E-state index contributed by atoms with van der Waals surface area (Å²) in [5.41, 5.74) is 8.97. The molecule has 0 saturated carbocycles. The van der Waals surface area contributed by atoms with Crippen LogP contribution in [0.25, 0.3) is 22.4 Å². The van der Waals surface area contributed by atoms with Gasteiger partial charge in [0.15, 0.2) is 5.82 Å². The molecule has 6 nitrogen and oxygen atoms in total. The molecule has 3 N–H and O–H groups in total. The van der Waals surface area contributed by atoms with Crippen molar-refractivity contribution in [2.45, 2.75) is 0 Å². The number of nitrogens with one attached hydrogen (secondary N) is 1. The van der Waals surface area contributed by atoms with Gasteiger partial charge in [0.25, 0.3) is 0 Å². The van der Waals surface area contributed by atoms with Gasteiger partial charge in [-0.3, -0.25) is 5.10 Å². The van der Waals surface area contributed by atoms with Crippen LogP contribution in [-0.4, -0.2) is 27.3 Å². The van der Waals surface area contributed by atoms with Crippen LogP contribution in [0.1, 0.15) is 0 Å². The minimum Gasteiger partial charge on any atom is -0.496 e. The van der Waals surface area contributed by atoms with Crippen molar-refractivity contribution in [1.29, 1.82) is 0 Å². The monoisotopic (exact) mass is 301 g/mol. The Kier molecular flexibility index (Phi) is 3.45. The molecule has 0 radical (unpaired) electrons. The zero-order valence-corrected chi connectivity index (χ0v) is 11.9. The van der Waals surface area contributed by atoms with Gasteiger partial charge in [-0.25, -0.2) is 9.97 Å². The normalized spacial score (nSPS) is 10.6. The molecule has 0 unspecified atom stereocenters. The number of anilines is 1. The Morgan fingerprint density at radius 1 is 1.24 bits per heavy atom. The minimum absolute atomic E-state index is 0.356. The molecule has 2 aromatic heterocycles. The lowest BCUT2D eigenvalue weighted by molar-refractivity contribution is 0.416. The molecule has 0 bridgehead atoms. The van der Waals surface area contributed by atoms with E-state index >= 15 is 0 Å². The summed E-state index contributed by atoms with van der Waals surface area (Å²) in [5, 5.41) is 7.56. The van der Waals surface area contributed by atoms with E-state index in [1.807, 2.05) is 0 Å². The molecular weight excluding hydrogens is 290 g/mol. The highest BCUT2D eigenvalue weighted by Gasteiger charge is 2.19. The number of benzene rings is 1. The summed E-state index contributed by atoms with van der Waals surface area (Å²) in [6.45, 7) is 0. The number of nitrogens with two attached hydrogens (primary N) is 1. The van der Waals surface area contributed by atoms with Crippen molar-refractivity contribution in [3.05, 3.63) is 41.9 Å².